The van der Waals surface area contributed by atoms with Crippen molar-refractivity contribution in [1.82, 2.24) is 5.32 Å². The van der Waals surface area contributed by atoms with Gasteiger partial charge in [-0.15, -0.1) is 12.4 Å². The first-order chi connectivity index (χ1) is 7.15. The van der Waals surface area contributed by atoms with Gasteiger partial charge in [0.05, 0.1) is 18.2 Å². The van der Waals surface area contributed by atoms with Gasteiger partial charge in [-0.3, -0.25) is 4.79 Å². The molecule has 16 heavy (non-hydrogen) atoms. The Hall–Kier alpha value is -0.320. The summed E-state index contributed by atoms with van der Waals surface area (Å²) < 4.78 is 5.67. The molecule has 0 aromatic rings. The number of rotatable bonds is 4. The monoisotopic (exact) mass is 248 g/mol. The second-order valence-corrected chi connectivity index (χ2v) is 4.80. The molecular weight excluding hydrogens is 228 g/mol. The number of carbonyl (C=O) groups excluding carboxylic acids is 1. The molecule has 5 heteroatoms. The summed E-state index contributed by atoms with van der Waals surface area (Å²) in [5.41, 5.74) is 5.60. The van der Waals surface area contributed by atoms with Gasteiger partial charge in [0.15, 0.2) is 0 Å². The van der Waals surface area contributed by atoms with E-state index in [1.165, 1.54) is 0 Å². The van der Waals surface area contributed by atoms with Crippen molar-refractivity contribution >= 4 is 18.3 Å². The van der Waals surface area contributed by atoms with Crippen LogP contribution in [0, 0.1) is 0 Å². The predicted octanol–water partition coefficient (Wildman–Crippen LogP) is 0.972. The summed E-state index contributed by atoms with van der Waals surface area (Å²) in [5, 5.41) is 3.05. The summed E-state index contributed by atoms with van der Waals surface area (Å²) in [6.07, 6.45) is 5.22. The van der Waals surface area contributed by atoms with Crippen LogP contribution in [-0.2, 0) is 9.53 Å². The number of nitrogens with one attached hydrogen (secondary N) is 1. The van der Waals surface area contributed by atoms with Crippen molar-refractivity contribution in [3.63, 3.8) is 0 Å². The summed E-state index contributed by atoms with van der Waals surface area (Å²) in [7, 11) is 0. The van der Waals surface area contributed by atoms with Gasteiger partial charge in [-0.25, -0.2) is 0 Å². The Labute approximate surface area is 103 Å². The van der Waals surface area contributed by atoms with Crippen LogP contribution in [0.2, 0.25) is 0 Å². The molecule has 0 aromatic heterocycles. The van der Waals surface area contributed by atoms with Gasteiger partial charge in [0.1, 0.15) is 0 Å². The summed E-state index contributed by atoms with van der Waals surface area (Å²) in [6, 6.07) is 0.358. The molecule has 2 bridgehead atoms. The molecule has 0 aliphatic carbocycles. The SMILES string of the molecule is CC(N)CCC(=O)NC1CC2CCC1O2.Cl. The van der Waals surface area contributed by atoms with E-state index in [9.17, 15) is 4.79 Å². The average Bonchev–Trinajstić information content (AvgIpc) is 2.76. The van der Waals surface area contributed by atoms with E-state index in [0.29, 0.717) is 12.5 Å². The summed E-state index contributed by atoms with van der Waals surface area (Å²) >= 11 is 0. The van der Waals surface area contributed by atoms with Crippen LogP contribution in [0.3, 0.4) is 0 Å². The lowest BCUT2D eigenvalue weighted by atomic mass is 9.95. The van der Waals surface area contributed by atoms with E-state index in [1.54, 1.807) is 0 Å². The minimum absolute atomic E-state index is 0. The summed E-state index contributed by atoms with van der Waals surface area (Å²) in [6.45, 7) is 1.92. The highest BCUT2D eigenvalue weighted by Gasteiger charge is 2.41. The molecule has 1 amide bonds. The zero-order valence-electron chi connectivity index (χ0n) is 9.65. The lowest BCUT2D eigenvalue weighted by Crippen LogP contribution is -2.41. The van der Waals surface area contributed by atoms with Crippen LogP contribution in [0.15, 0.2) is 0 Å². The Morgan fingerprint density at radius 1 is 1.56 bits per heavy atom. The molecule has 2 rings (SSSR count). The normalized spacial score (nSPS) is 33.2. The van der Waals surface area contributed by atoms with Crippen molar-refractivity contribution in [1.29, 1.82) is 0 Å². The van der Waals surface area contributed by atoms with Gasteiger partial charge in [-0.05, 0) is 32.6 Å². The van der Waals surface area contributed by atoms with Gasteiger partial charge >= 0.3 is 0 Å². The smallest absolute Gasteiger partial charge is 0.220 e. The maximum Gasteiger partial charge on any atom is 0.220 e. The Bertz CT molecular complexity index is 248. The number of amides is 1. The second-order valence-electron chi connectivity index (χ2n) is 4.80. The van der Waals surface area contributed by atoms with Gasteiger partial charge in [0.2, 0.25) is 5.91 Å². The summed E-state index contributed by atoms with van der Waals surface area (Å²) in [4.78, 5) is 11.6. The van der Waals surface area contributed by atoms with Crippen molar-refractivity contribution in [2.75, 3.05) is 0 Å². The van der Waals surface area contributed by atoms with Gasteiger partial charge < -0.3 is 15.8 Å². The van der Waals surface area contributed by atoms with Gasteiger partial charge in [0, 0.05) is 12.5 Å². The van der Waals surface area contributed by atoms with Crippen LogP contribution >= 0.6 is 12.4 Å². The Morgan fingerprint density at radius 2 is 2.31 bits per heavy atom. The molecular formula is C11H21ClN2O2. The largest absolute Gasteiger partial charge is 0.373 e. The molecule has 2 heterocycles. The third-order valence-electron chi connectivity index (χ3n) is 3.28. The lowest BCUT2D eigenvalue weighted by Gasteiger charge is -2.20. The van der Waals surface area contributed by atoms with Crippen LogP contribution in [0.1, 0.15) is 39.0 Å². The van der Waals surface area contributed by atoms with Crippen molar-refractivity contribution in [2.45, 2.75) is 63.3 Å². The van der Waals surface area contributed by atoms with Crippen molar-refractivity contribution < 1.29 is 9.53 Å². The molecule has 2 aliphatic heterocycles. The first-order valence-electron chi connectivity index (χ1n) is 5.85. The van der Waals surface area contributed by atoms with Crippen LogP contribution < -0.4 is 11.1 Å². The molecule has 0 aromatic carbocycles. The fourth-order valence-electron chi connectivity index (χ4n) is 2.43. The minimum Gasteiger partial charge on any atom is -0.373 e. The number of hydrogen-bond donors (Lipinski definition) is 2. The van der Waals surface area contributed by atoms with E-state index >= 15 is 0 Å². The Balaban J connectivity index is 0.00000128. The number of ether oxygens (including phenoxy) is 1. The molecule has 0 saturated carbocycles. The zero-order chi connectivity index (χ0) is 10.8. The van der Waals surface area contributed by atoms with E-state index in [2.05, 4.69) is 5.32 Å². The predicted molar refractivity (Wildman–Crippen MR) is 64.6 cm³/mol. The fraction of sp³-hybridized carbons (Fsp3) is 0.909. The van der Waals surface area contributed by atoms with Gasteiger partial charge in [-0.1, -0.05) is 0 Å². The minimum atomic E-state index is 0. The molecule has 2 aliphatic rings. The highest BCUT2D eigenvalue weighted by Crippen LogP contribution is 2.34. The quantitative estimate of drug-likeness (QED) is 0.779. The molecule has 94 valence electrons. The van der Waals surface area contributed by atoms with Crippen LogP contribution in [0.5, 0.6) is 0 Å². The second kappa shape index (κ2) is 5.84. The maximum atomic E-state index is 11.6. The standard InChI is InChI=1S/C11H20N2O2.ClH/c1-7(12)2-5-11(14)13-9-6-8-3-4-10(9)15-8;/h7-10H,2-6,12H2,1H3,(H,13,14);1H. The molecule has 4 atom stereocenters. The first kappa shape index (κ1) is 13.7. The average molecular weight is 249 g/mol. The van der Waals surface area contributed by atoms with Crippen molar-refractivity contribution in [3.05, 3.63) is 0 Å². The van der Waals surface area contributed by atoms with Gasteiger partial charge in [0.25, 0.3) is 0 Å². The molecule has 4 unspecified atom stereocenters. The van der Waals surface area contributed by atoms with E-state index in [0.717, 1.165) is 25.7 Å². The first-order valence-corrected chi connectivity index (χ1v) is 5.85. The van der Waals surface area contributed by atoms with Crippen molar-refractivity contribution in [2.24, 2.45) is 5.73 Å². The number of hydrogen-bond acceptors (Lipinski definition) is 3. The number of nitrogens with two attached hydrogens (primary N) is 1. The highest BCUT2D eigenvalue weighted by molar-refractivity contribution is 5.85. The Morgan fingerprint density at radius 3 is 2.81 bits per heavy atom. The number of halogens is 1. The zero-order valence-corrected chi connectivity index (χ0v) is 10.5. The topological polar surface area (TPSA) is 64.4 Å². The Kier molecular flexibility index (Phi) is 5.02. The molecule has 0 radical (unpaired) electrons. The highest BCUT2D eigenvalue weighted by atomic mass is 35.5. The molecule has 4 nitrogen and oxygen atoms in total. The van der Waals surface area contributed by atoms with E-state index in [4.69, 9.17) is 10.5 Å². The molecule has 2 saturated heterocycles. The van der Waals surface area contributed by atoms with Crippen LogP contribution in [0.4, 0.5) is 0 Å². The van der Waals surface area contributed by atoms with Crippen molar-refractivity contribution in [3.8, 4) is 0 Å². The lowest BCUT2D eigenvalue weighted by molar-refractivity contribution is -0.122. The molecule has 2 fully saturated rings. The number of carbonyl (C=O) groups is 1. The van der Waals surface area contributed by atoms with Gasteiger partial charge in [-0.2, -0.15) is 0 Å². The summed E-state index contributed by atoms with van der Waals surface area (Å²) in [5.74, 6) is 0.119. The maximum absolute atomic E-state index is 11.6. The third-order valence-corrected chi connectivity index (χ3v) is 3.28. The van der Waals surface area contributed by atoms with Crippen LogP contribution in [0.25, 0.3) is 0 Å². The fourth-order valence-corrected chi connectivity index (χ4v) is 2.43. The van der Waals surface area contributed by atoms with E-state index in [-0.39, 0.29) is 36.5 Å². The van der Waals surface area contributed by atoms with E-state index < -0.39 is 0 Å². The van der Waals surface area contributed by atoms with E-state index in [1.807, 2.05) is 6.92 Å². The third kappa shape index (κ3) is 3.34. The molecule has 0 spiro atoms. The number of fused-ring (bicyclic) bond motifs is 2. The van der Waals surface area contributed by atoms with Crippen LogP contribution in [-0.4, -0.2) is 30.2 Å². The molecule has 3 N–H and O–H groups in total.